The summed E-state index contributed by atoms with van der Waals surface area (Å²) in [5.74, 6) is 0.556. The van der Waals surface area contributed by atoms with Crippen molar-refractivity contribution in [1.29, 1.82) is 0 Å². The molecule has 1 aromatic carbocycles. The molecular weight excluding hydrogens is 328 g/mol. The van der Waals surface area contributed by atoms with Crippen LogP contribution >= 0.6 is 11.6 Å². The quantitative estimate of drug-likeness (QED) is 0.878. The molecule has 2 N–H and O–H groups in total. The summed E-state index contributed by atoms with van der Waals surface area (Å²) in [7, 11) is 0. The largest absolute Gasteiger partial charge is 0.434 e. The van der Waals surface area contributed by atoms with Gasteiger partial charge in [-0.05, 0) is 61.1 Å². The average Bonchev–Trinajstić information content (AvgIpc) is 3.29. The van der Waals surface area contributed by atoms with E-state index in [-0.39, 0.29) is 23.9 Å². The molecule has 2 amide bonds. The standard InChI is InChI=1S/C18H21ClN2O3/c19-13-3-1-12(2-4-13)15(18-7-5-11(9-18)6-8-18)21-16(22)14-10-20-17(23)24-14/h1-4,11,14-15H,5-10H2,(H,20,23)(H,21,22)/t11?,14?,15-,18?/m1/s1. The summed E-state index contributed by atoms with van der Waals surface area (Å²) in [4.78, 5) is 23.8. The summed E-state index contributed by atoms with van der Waals surface area (Å²) >= 11 is 6.03. The molecule has 2 bridgehead atoms. The number of nitrogens with one attached hydrogen (secondary N) is 2. The van der Waals surface area contributed by atoms with Gasteiger partial charge in [0.25, 0.3) is 5.91 Å². The van der Waals surface area contributed by atoms with Gasteiger partial charge in [0.1, 0.15) is 0 Å². The first-order valence-electron chi connectivity index (χ1n) is 8.56. The molecule has 0 aromatic heterocycles. The summed E-state index contributed by atoms with van der Waals surface area (Å²) in [6, 6.07) is 7.66. The lowest BCUT2D eigenvalue weighted by atomic mass is 9.74. The lowest BCUT2D eigenvalue weighted by Crippen LogP contribution is -2.44. The number of alkyl carbamates (subject to hydrolysis) is 1. The van der Waals surface area contributed by atoms with Gasteiger partial charge in [-0.15, -0.1) is 0 Å². The van der Waals surface area contributed by atoms with E-state index in [2.05, 4.69) is 10.6 Å². The lowest BCUT2D eigenvalue weighted by Gasteiger charge is -2.37. The molecule has 3 fully saturated rings. The molecule has 128 valence electrons. The van der Waals surface area contributed by atoms with Crippen molar-refractivity contribution in [2.45, 2.75) is 44.2 Å². The Morgan fingerprint density at radius 2 is 2.00 bits per heavy atom. The van der Waals surface area contributed by atoms with Crippen LogP contribution in [0, 0.1) is 11.3 Å². The lowest BCUT2D eigenvalue weighted by molar-refractivity contribution is -0.129. The van der Waals surface area contributed by atoms with Gasteiger partial charge in [-0.1, -0.05) is 23.7 Å². The predicted molar refractivity (Wildman–Crippen MR) is 89.6 cm³/mol. The summed E-state index contributed by atoms with van der Waals surface area (Å²) in [6.45, 7) is 0.230. The molecule has 6 heteroatoms. The van der Waals surface area contributed by atoms with E-state index < -0.39 is 12.2 Å². The number of hydrogen-bond donors (Lipinski definition) is 2. The van der Waals surface area contributed by atoms with E-state index in [1.165, 1.54) is 12.8 Å². The molecule has 0 radical (unpaired) electrons. The molecule has 2 atom stereocenters. The summed E-state index contributed by atoms with van der Waals surface area (Å²) in [5, 5.41) is 6.40. The number of ether oxygens (including phenoxy) is 1. The van der Waals surface area contributed by atoms with Crippen LogP contribution < -0.4 is 10.6 Å². The van der Waals surface area contributed by atoms with Crippen molar-refractivity contribution in [1.82, 2.24) is 10.6 Å². The summed E-state index contributed by atoms with van der Waals surface area (Å²) < 4.78 is 5.04. The molecule has 5 nitrogen and oxygen atoms in total. The van der Waals surface area contributed by atoms with Crippen LogP contribution in [0.3, 0.4) is 0 Å². The van der Waals surface area contributed by atoms with E-state index >= 15 is 0 Å². The van der Waals surface area contributed by atoms with Crippen molar-refractivity contribution in [3.8, 4) is 0 Å². The molecule has 1 unspecified atom stereocenters. The van der Waals surface area contributed by atoms with Crippen LogP contribution in [0.4, 0.5) is 4.79 Å². The van der Waals surface area contributed by atoms with Gasteiger partial charge >= 0.3 is 6.09 Å². The van der Waals surface area contributed by atoms with Gasteiger partial charge in [-0.3, -0.25) is 4.79 Å². The first-order chi connectivity index (χ1) is 11.6. The van der Waals surface area contributed by atoms with Crippen molar-refractivity contribution < 1.29 is 14.3 Å². The zero-order valence-corrected chi connectivity index (χ0v) is 14.1. The van der Waals surface area contributed by atoms with Gasteiger partial charge in [0.15, 0.2) is 6.10 Å². The first kappa shape index (κ1) is 15.8. The number of halogens is 1. The van der Waals surface area contributed by atoms with Crippen molar-refractivity contribution >= 4 is 23.6 Å². The van der Waals surface area contributed by atoms with Crippen molar-refractivity contribution in [3.63, 3.8) is 0 Å². The highest BCUT2D eigenvalue weighted by Crippen LogP contribution is 2.60. The van der Waals surface area contributed by atoms with E-state index in [4.69, 9.17) is 16.3 Å². The highest BCUT2D eigenvalue weighted by atomic mass is 35.5. The zero-order chi connectivity index (χ0) is 16.7. The van der Waals surface area contributed by atoms with Gasteiger partial charge < -0.3 is 15.4 Å². The average molecular weight is 349 g/mol. The number of rotatable bonds is 4. The van der Waals surface area contributed by atoms with E-state index in [0.29, 0.717) is 5.02 Å². The molecule has 2 aliphatic carbocycles. The molecule has 1 heterocycles. The van der Waals surface area contributed by atoms with Gasteiger partial charge in [0.2, 0.25) is 0 Å². The van der Waals surface area contributed by atoms with E-state index in [1.54, 1.807) is 0 Å². The summed E-state index contributed by atoms with van der Waals surface area (Å²) in [6.07, 6.45) is 4.62. The molecular formula is C18H21ClN2O3. The second-order valence-electron chi connectivity index (χ2n) is 7.28. The molecule has 0 spiro atoms. The van der Waals surface area contributed by atoms with Crippen LogP contribution in [-0.2, 0) is 9.53 Å². The van der Waals surface area contributed by atoms with Gasteiger partial charge in [0.05, 0.1) is 12.6 Å². The van der Waals surface area contributed by atoms with Crippen LogP contribution in [0.2, 0.25) is 5.02 Å². The fraction of sp³-hybridized carbons (Fsp3) is 0.556. The van der Waals surface area contributed by atoms with E-state index in [9.17, 15) is 9.59 Å². The van der Waals surface area contributed by atoms with Gasteiger partial charge in [-0.25, -0.2) is 4.79 Å². The maximum absolute atomic E-state index is 12.6. The first-order valence-corrected chi connectivity index (χ1v) is 8.94. The number of fused-ring (bicyclic) bond motifs is 2. The number of carbonyl (C=O) groups is 2. The Bertz CT molecular complexity index is 653. The van der Waals surface area contributed by atoms with Crippen molar-refractivity contribution in [3.05, 3.63) is 34.9 Å². The topological polar surface area (TPSA) is 67.4 Å². The highest BCUT2D eigenvalue weighted by molar-refractivity contribution is 6.30. The monoisotopic (exact) mass is 348 g/mol. The van der Waals surface area contributed by atoms with Crippen LogP contribution in [0.5, 0.6) is 0 Å². The number of benzene rings is 1. The van der Waals surface area contributed by atoms with Crippen LogP contribution in [0.15, 0.2) is 24.3 Å². The third kappa shape index (κ3) is 2.75. The van der Waals surface area contributed by atoms with Crippen LogP contribution in [0.1, 0.15) is 43.7 Å². The summed E-state index contributed by atoms with van der Waals surface area (Å²) in [5.41, 5.74) is 1.19. The minimum absolute atomic E-state index is 0.0610. The Labute approximate surface area is 146 Å². The van der Waals surface area contributed by atoms with Crippen LogP contribution in [-0.4, -0.2) is 24.6 Å². The SMILES string of the molecule is O=C1NCC(C(=O)N[C@H](c2ccc(Cl)cc2)C23CCC(CC2)C3)O1. The maximum atomic E-state index is 12.6. The Morgan fingerprint density at radius 3 is 2.54 bits per heavy atom. The second kappa shape index (κ2) is 5.96. The molecule has 24 heavy (non-hydrogen) atoms. The molecule has 2 saturated carbocycles. The van der Waals surface area contributed by atoms with E-state index in [1.807, 2.05) is 24.3 Å². The zero-order valence-electron chi connectivity index (χ0n) is 13.4. The third-order valence-corrected chi connectivity index (χ3v) is 6.12. The van der Waals surface area contributed by atoms with E-state index in [0.717, 1.165) is 30.7 Å². The van der Waals surface area contributed by atoms with Gasteiger partial charge in [-0.2, -0.15) is 0 Å². The minimum Gasteiger partial charge on any atom is -0.434 e. The molecule has 1 saturated heterocycles. The Hall–Kier alpha value is -1.75. The predicted octanol–water partition coefficient (Wildman–Crippen LogP) is 3.19. The van der Waals surface area contributed by atoms with Gasteiger partial charge in [0, 0.05) is 5.02 Å². The Morgan fingerprint density at radius 1 is 1.29 bits per heavy atom. The second-order valence-corrected chi connectivity index (χ2v) is 7.71. The molecule has 1 aromatic rings. The maximum Gasteiger partial charge on any atom is 0.408 e. The van der Waals surface area contributed by atoms with Crippen LogP contribution in [0.25, 0.3) is 0 Å². The minimum atomic E-state index is -0.748. The molecule has 4 rings (SSSR count). The fourth-order valence-corrected chi connectivity index (χ4v) is 4.78. The molecule has 1 aliphatic heterocycles. The molecule has 3 aliphatic rings. The highest BCUT2D eigenvalue weighted by Gasteiger charge is 2.51. The normalized spacial score (nSPS) is 32.3. The smallest absolute Gasteiger partial charge is 0.408 e. The number of amides is 2. The van der Waals surface area contributed by atoms with Crippen molar-refractivity contribution in [2.75, 3.05) is 6.54 Å². The Kier molecular flexibility index (Phi) is 3.91. The Balaban J connectivity index is 1.59. The number of carbonyl (C=O) groups excluding carboxylic acids is 2. The van der Waals surface area contributed by atoms with Crippen molar-refractivity contribution in [2.24, 2.45) is 11.3 Å². The third-order valence-electron chi connectivity index (χ3n) is 5.87. The number of hydrogen-bond acceptors (Lipinski definition) is 3. The number of cyclic esters (lactones) is 1. The fourth-order valence-electron chi connectivity index (χ4n) is 4.66.